The minimum atomic E-state index is -1.31. The maximum Gasteiger partial charge on any atom is 0.00391 e. The van der Waals surface area contributed by atoms with Gasteiger partial charge in [0.05, 0.1) is 0 Å². The van der Waals surface area contributed by atoms with Crippen LogP contribution in [0.3, 0.4) is 0 Å². The summed E-state index contributed by atoms with van der Waals surface area (Å²) in [7, 11) is 0. The Hall–Kier alpha value is -0.390. The van der Waals surface area contributed by atoms with Crippen LogP contribution in [0.4, 0.5) is 0 Å². The van der Waals surface area contributed by atoms with E-state index in [0.717, 1.165) is 0 Å². The van der Waals surface area contributed by atoms with Crippen LogP contribution in [-0.2, 0) is 11.8 Å². The van der Waals surface area contributed by atoms with Crippen molar-refractivity contribution in [2.45, 2.75) is 13.3 Å². The Morgan fingerprint density at radius 1 is 1.23 bits per heavy atom. The Labute approximate surface area is 84.7 Å². The maximum atomic E-state index is 5.75. The summed E-state index contributed by atoms with van der Waals surface area (Å²) in [6.45, 7) is 2.19. The first kappa shape index (κ1) is 9.18. The third-order valence-electron chi connectivity index (χ3n) is 2.46. The van der Waals surface area contributed by atoms with Crippen LogP contribution in [0.1, 0.15) is 13.3 Å². The normalized spacial score (nSPS) is 27.3. The lowest BCUT2D eigenvalue weighted by Gasteiger charge is -2.12. The lowest BCUT2D eigenvalue weighted by Crippen LogP contribution is -2.01. The fourth-order valence-electron chi connectivity index (χ4n) is 1.71. The molecule has 1 aliphatic heterocycles. The first-order valence-corrected chi connectivity index (χ1v) is 7.59. The fraction of sp³-hybridized carbons (Fsp3) is 0.273. The molecule has 1 heterocycles. The molecule has 0 radical (unpaired) electrons. The summed E-state index contributed by atoms with van der Waals surface area (Å²) in [6, 6.07) is 9.28. The molecule has 0 saturated carbocycles. The van der Waals surface area contributed by atoms with E-state index in [-0.39, 0.29) is 0 Å². The highest BCUT2D eigenvalue weighted by Gasteiger charge is 2.21. The molecule has 1 aliphatic rings. The van der Waals surface area contributed by atoms with Crippen molar-refractivity contribution in [3.05, 3.63) is 41.7 Å². The van der Waals surface area contributed by atoms with Crippen LogP contribution in [-0.4, -0.2) is 6.16 Å². The molecule has 0 spiro atoms. The molecule has 2 rings (SSSR count). The van der Waals surface area contributed by atoms with Crippen LogP contribution in [0, 0.1) is 0 Å². The van der Waals surface area contributed by atoms with E-state index in [9.17, 15) is 0 Å². The van der Waals surface area contributed by atoms with E-state index in [4.69, 9.17) is 11.8 Å². The number of hydrogen-bond donors (Lipinski definition) is 0. The van der Waals surface area contributed by atoms with Crippen molar-refractivity contribution in [2.75, 3.05) is 6.16 Å². The first-order valence-electron chi connectivity index (χ1n) is 4.53. The highest BCUT2D eigenvalue weighted by atomic mass is 32.4. The number of benzene rings is 1. The predicted octanol–water partition coefficient (Wildman–Crippen LogP) is 3.10. The van der Waals surface area contributed by atoms with E-state index < -0.39 is 6.04 Å². The van der Waals surface area contributed by atoms with Crippen molar-refractivity contribution in [1.29, 1.82) is 0 Å². The monoisotopic (exact) mass is 208 g/mol. The van der Waals surface area contributed by atoms with Crippen LogP contribution in [0.2, 0.25) is 0 Å². The fourth-order valence-corrected chi connectivity index (χ4v) is 5.63. The van der Waals surface area contributed by atoms with E-state index in [1.807, 2.05) is 0 Å². The van der Waals surface area contributed by atoms with E-state index in [1.54, 1.807) is 0 Å². The summed E-state index contributed by atoms with van der Waals surface area (Å²) in [6.07, 6.45) is 2.39. The molecule has 0 nitrogen and oxygen atoms in total. The summed E-state index contributed by atoms with van der Waals surface area (Å²) < 4.78 is 0. The maximum absolute atomic E-state index is 5.75. The van der Waals surface area contributed by atoms with Gasteiger partial charge in [0.1, 0.15) is 0 Å². The number of hydrogen-bond acceptors (Lipinski definition) is 1. The van der Waals surface area contributed by atoms with Crippen molar-refractivity contribution in [3.63, 3.8) is 0 Å². The summed E-state index contributed by atoms with van der Waals surface area (Å²) in [4.78, 5) is 0. The number of rotatable bonds is 1. The predicted molar refractivity (Wildman–Crippen MR) is 63.6 cm³/mol. The molecule has 1 aromatic carbocycles. The van der Waals surface area contributed by atoms with Gasteiger partial charge in [-0.2, -0.15) is 0 Å². The van der Waals surface area contributed by atoms with Gasteiger partial charge in [-0.15, -0.1) is 0 Å². The van der Waals surface area contributed by atoms with E-state index in [1.165, 1.54) is 23.5 Å². The zero-order valence-corrected chi connectivity index (χ0v) is 9.44. The van der Waals surface area contributed by atoms with Gasteiger partial charge >= 0.3 is 0 Å². The molecule has 1 unspecified atom stereocenters. The topological polar surface area (TPSA) is 0 Å². The van der Waals surface area contributed by atoms with Gasteiger partial charge in [-0.1, -0.05) is 47.7 Å². The van der Waals surface area contributed by atoms with Gasteiger partial charge in [-0.25, -0.2) is 0 Å². The minimum absolute atomic E-state index is 1.19. The summed E-state index contributed by atoms with van der Waals surface area (Å²) in [5.41, 5.74) is 1.48. The van der Waals surface area contributed by atoms with Gasteiger partial charge in [-0.3, -0.25) is 0 Å². The van der Waals surface area contributed by atoms with E-state index >= 15 is 0 Å². The first-order chi connectivity index (χ1) is 6.21. The molecule has 0 aliphatic carbocycles. The molecule has 1 aromatic rings. The van der Waals surface area contributed by atoms with E-state index in [2.05, 4.69) is 43.1 Å². The van der Waals surface area contributed by atoms with Gasteiger partial charge in [0.15, 0.2) is 0 Å². The zero-order valence-electron chi connectivity index (χ0n) is 7.73. The highest BCUT2D eigenvalue weighted by Crippen LogP contribution is 2.53. The molecule has 0 N–H and O–H groups in total. The molecular weight excluding hydrogens is 195 g/mol. The van der Waals surface area contributed by atoms with Gasteiger partial charge in [0.25, 0.3) is 0 Å². The molecule has 0 fully saturated rings. The second kappa shape index (κ2) is 3.40. The summed E-state index contributed by atoms with van der Waals surface area (Å²) in [5, 5.41) is 1.38. The second-order valence-corrected chi connectivity index (χ2v) is 8.35. The van der Waals surface area contributed by atoms with E-state index in [0.29, 0.717) is 0 Å². The van der Waals surface area contributed by atoms with Crippen LogP contribution in [0.15, 0.2) is 41.7 Å². The standard InChI is InChI=1S/C11H13PS/c1-10-7-8-12(13,9-10)11-5-3-2-4-6-11/h2-6,9H,7-8H2,1H3. The van der Waals surface area contributed by atoms with Crippen molar-refractivity contribution in [2.24, 2.45) is 0 Å². The van der Waals surface area contributed by atoms with Crippen molar-refractivity contribution < 1.29 is 0 Å². The molecule has 0 amide bonds. The Morgan fingerprint density at radius 2 is 1.92 bits per heavy atom. The average molecular weight is 208 g/mol. The Kier molecular flexibility index (Phi) is 2.40. The van der Waals surface area contributed by atoms with Crippen LogP contribution in [0.25, 0.3) is 0 Å². The molecule has 0 aromatic heterocycles. The average Bonchev–Trinajstić information content (AvgIpc) is 2.49. The van der Waals surface area contributed by atoms with Gasteiger partial charge < -0.3 is 0 Å². The third-order valence-corrected chi connectivity index (χ3v) is 6.88. The second-order valence-electron chi connectivity index (χ2n) is 3.58. The lowest BCUT2D eigenvalue weighted by molar-refractivity contribution is 1.14. The molecule has 1 atom stereocenters. The Bertz CT molecular complexity index is 378. The van der Waals surface area contributed by atoms with Crippen molar-refractivity contribution >= 4 is 23.1 Å². The van der Waals surface area contributed by atoms with Crippen molar-refractivity contribution in [1.82, 2.24) is 0 Å². The van der Waals surface area contributed by atoms with Gasteiger partial charge in [0.2, 0.25) is 0 Å². The molecule has 13 heavy (non-hydrogen) atoms. The molecular formula is C11H13PS. The van der Waals surface area contributed by atoms with Crippen molar-refractivity contribution in [3.8, 4) is 0 Å². The molecule has 0 bridgehead atoms. The van der Waals surface area contributed by atoms with Gasteiger partial charge in [0, 0.05) is 6.04 Å². The summed E-state index contributed by atoms with van der Waals surface area (Å²) >= 11 is 5.75. The van der Waals surface area contributed by atoms with Crippen LogP contribution in [0.5, 0.6) is 0 Å². The summed E-state index contributed by atoms with van der Waals surface area (Å²) in [5.74, 6) is 2.34. The van der Waals surface area contributed by atoms with Crippen LogP contribution < -0.4 is 5.30 Å². The largest absolute Gasteiger partial charge is 0.0882 e. The lowest BCUT2D eigenvalue weighted by atomic mass is 10.3. The SMILES string of the molecule is CC1=CP(=S)(c2ccccc2)CC1. The molecule has 2 heteroatoms. The van der Waals surface area contributed by atoms with Gasteiger partial charge in [-0.05, 0) is 30.6 Å². The number of allylic oxidation sites excluding steroid dienone is 1. The Balaban J connectivity index is 2.43. The van der Waals surface area contributed by atoms with Crippen LogP contribution >= 0.6 is 6.04 Å². The quantitative estimate of drug-likeness (QED) is 0.639. The highest BCUT2D eigenvalue weighted by molar-refractivity contribution is 8.19. The zero-order chi connectivity index (χ0) is 9.31. The minimum Gasteiger partial charge on any atom is -0.0882 e. The molecule has 0 saturated heterocycles. The molecule has 68 valence electrons. The third kappa shape index (κ3) is 1.77. The smallest absolute Gasteiger partial charge is 0.00391 e. The Morgan fingerprint density at radius 3 is 2.46 bits per heavy atom.